The molecule has 0 bridgehead atoms. The van der Waals surface area contributed by atoms with E-state index in [4.69, 9.17) is 9.47 Å². The summed E-state index contributed by atoms with van der Waals surface area (Å²) in [5, 5.41) is 3.22. The first-order valence-corrected chi connectivity index (χ1v) is 6.34. The van der Waals surface area contributed by atoms with Gasteiger partial charge in [-0.05, 0) is 24.6 Å². The van der Waals surface area contributed by atoms with Crippen LogP contribution in [0.3, 0.4) is 0 Å². The molecule has 1 rings (SSSR count). The summed E-state index contributed by atoms with van der Waals surface area (Å²) in [7, 11) is 0. The molecule has 0 amide bonds. The molecule has 0 fully saturated rings. The number of rotatable bonds is 8. The molecule has 0 aliphatic heterocycles. The summed E-state index contributed by atoms with van der Waals surface area (Å²) in [5.74, 6) is 0.726. The number of hydrogen-bond donors (Lipinski definition) is 1. The molecule has 0 heterocycles. The lowest BCUT2D eigenvalue weighted by atomic mass is 10.2. The first-order valence-electron chi connectivity index (χ1n) is 6.34. The van der Waals surface area contributed by atoms with E-state index in [-0.39, 0.29) is 5.97 Å². The fraction of sp³-hybridized carbons (Fsp3) is 0.500. The normalized spacial score (nSPS) is 10.1. The molecule has 0 saturated heterocycles. The predicted octanol–water partition coefficient (Wildman–Crippen LogP) is 2.13. The van der Waals surface area contributed by atoms with Crippen LogP contribution in [-0.2, 0) is 16.1 Å². The van der Waals surface area contributed by atoms with Gasteiger partial charge in [-0.3, -0.25) is 4.79 Å². The lowest BCUT2D eigenvalue weighted by molar-refractivity contribution is -0.143. The van der Waals surface area contributed by atoms with Crippen LogP contribution >= 0.6 is 0 Å². The van der Waals surface area contributed by atoms with E-state index in [0.717, 1.165) is 17.9 Å². The number of ether oxygens (including phenoxy) is 2. The predicted molar refractivity (Wildman–Crippen MR) is 70.6 cm³/mol. The molecule has 1 aromatic carbocycles. The summed E-state index contributed by atoms with van der Waals surface area (Å²) >= 11 is 0. The molecule has 4 nitrogen and oxygen atoms in total. The van der Waals surface area contributed by atoms with Crippen molar-refractivity contribution in [2.45, 2.75) is 26.8 Å². The molecule has 18 heavy (non-hydrogen) atoms. The molecule has 0 aromatic heterocycles. The van der Waals surface area contributed by atoms with E-state index >= 15 is 0 Å². The van der Waals surface area contributed by atoms with Crippen molar-refractivity contribution in [3.8, 4) is 5.75 Å². The maximum atomic E-state index is 10.9. The first kappa shape index (κ1) is 14.5. The Balaban J connectivity index is 2.22. The number of carbonyl (C=O) groups is 1. The highest BCUT2D eigenvalue weighted by molar-refractivity contribution is 5.68. The molecular weight excluding hydrogens is 230 g/mol. The van der Waals surface area contributed by atoms with Gasteiger partial charge in [0.25, 0.3) is 0 Å². The van der Waals surface area contributed by atoms with Gasteiger partial charge < -0.3 is 14.8 Å². The zero-order valence-electron chi connectivity index (χ0n) is 11.1. The van der Waals surface area contributed by atoms with Crippen molar-refractivity contribution in [2.24, 2.45) is 0 Å². The molecule has 0 unspecified atom stereocenters. The minimum Gasteiger partial charge on any atom is -0.494 e. The Kier molecular flexibility index (Phi) is 6.87. The summed E-state index contributed by atoms with van der Waals surface area (Å²) in [4.78, 5) is 10.9. The van der Waals surface area contributed by atoms with Crippen molar-refractivity contribution in [2.75, 3.05) is 19.8 Å². The molecule has 0 radical (unpaired) electrons. The van der Waals surface area contributed by atoms with E-state index in [9.17, 15) is 4.79 Å². The maximum absolute atomic E-state index is 10.9. The summed E-state index contributed by atoms with van der Waals surface area (Å²) < 4.78 is 10.4. The van der Waals surface area contributed by atoms with Gasteiger partial charge in [0, 0.05) is 19.5 Å². The number of nitrogens with one attached hydrogen (secondary N) is 1. The van der Waals surface area contributed by atoms with E-state index in [1.807, 2.05) is 31.2 Å². The Bertz CT molecular complexity index is 366. The first-order chi connectivity index (χ1) is 8.76. The third-order valence-electron chi connectivity index (χ3n) is 2.37. The van der Waals surface area contributed by atoms with Crippen LogP contribution in [0.1, 0.15) is 25.8 Å². The molecule has 0 atom stereocenters. The molecule has 0 spiro atoms. The number of carbonyl (C=O) groups excluding carboxylic acids is 1. The number of esters is 1. The van der Waals surface area contributed by atoms with E-state index < -0.39 is 0 Å². The Morgan fingerprint density at radius 2 is 2.17 bits per heavy atom. The van der Waals surface area contributed by atoms with Crippen LogP contribution in [0.15, 0.2) is 24.3 Å². The van der Waals surface area contributed by atoms with Crippen molar-refractivity contribution in [1.82, 2.24) is 5.32 Å². The molecule has 0 aliphatic carbocycles. The van der Waals surface area contributed by atoms with Crippen LogP contribution < -0.4 is 10.1 Å². The smallest absolute Gasteiger partial charge is 0.305 e. The summed E-state index contributed by atoms with van der Waals surface area (Å²) in [6.45, 7) is 6.23. The number of hydrogen-bond acceptors (Lipinski definition) is 4. The highest BCUT2D eigenvalue weighted by Gasteiger charge is 1.98. The van der Waals surface area contributed by atoms with Gasteiger partial charge in [-0.25, -0.2) is 0 Å². The summed E-state index contributed by atoms with van der Waals surface area (Å²) in [6, 6.07) is 7.96. The Morgan fingerprint density at radius 3 is 2.89 bits per heavy atom. The van der Waals surface area contributed by atoms with Crippen LogP contribution in [0.25, 0.3) is 0 Å². The topological polar surface area (TPSA) is 47.6 Å². The molecule has 100 valence electrons. The van der Waals surface area contributed by atoms with Crippen LogP contribution in [0.4, 0.5) is 0 Å². The molecule has 1 N–H and O–H groups in total. The van der Waals surface area contributed by atoms with Crippen molar-refractivity contribution in [1.29, 1.82) is 0 Å². The second-order valence-electron chi connectivity index (χ2n) is 3.83. The third-order valence-corrected chi connectivity index (χ3v) is 2.37. The Labute approximate surface area is 108 Å². The molecule has 1 aromatic rings. The third kappa shape index (κ3) is 5.68. The summed E-state index contributed by atoms with van der Waals surface area (Å²) in [5.41, 5.74) is 1.16. The van der Waals surface area contributed by atoms with E-state index in [1.165, 1.54) is 0 Å². The van der Waals surface area contributed by atoms with E-state index in [2.05, 4.69) is 5.32 Å². The standard InChI is InChI=1S/C14H21NO3/c1-3-14(16)18-9-8-15-11-12-6-5-7-13(10-12)17-4-2/h5-7,10,15H,3-4,8-9,11H2,1-2H3. The maximum Gasteiger partial charge on any atom is 0.305 e. The Hall–Kier alpha value is -1.55. The van der Waals surface area contributed by atoms with Crippen molar-refractivity contribution >= 4 is 5.97 Å². The largest absolute Gasteiger partial charge is 0.494 e. The summed E-state index contributed by atoms with van der Waals surface area (Å²) in [6.07, 6.45) is 0.427. The number of benzene rings is 1. The average molecular weight is 251 g/mol. The van der Waals surface area contributed by atoms with Gasteiger partial charge in [0.05, 0.1) is 6.61 Å². The molecular formula is C14H21NO3. The van der Waals surface area contributed by atoms with Gasteiger partial charge in [0.1, 0.15) is 12.4 Å². The monoisotopic (exact) mass is 251 g/mol. The fourth-order valence-corrected chi connectivity index (χ4v) is 1.48. The Morgan fingerprint density at radius 1 is 1.33 bits per heavy atom. The SMILES string of the molecule is CCOc1cccc(CNCCOC(=O)CC)c1. The van der Waals surface area contributed by atoms with Crippen LogP contribution in [-0.4, -0.2) is 25.7 Å². The van der Waals surface area contributed by atoms with E-state index in [1.54, 1.807) is 6.92 Å². The molecule has 4 heteroatoms. The highest BCUT2D eigenvalue weighted by atomic mass is 16.5. The highest BCUT2D eigenvalue weighted by Crippen LogP contribution is 2.12. The van der Waals surface area contributed by atoms with Gasteiger partial charge in [-0.15, -0.1) is 0 Å². The van der Waals surface area contributed by atoms with Crippen LogP contribution in [0.2, 0.25) is 0 Å². The zero-order valence-corrected chi connectivity index (χ0v) is 11.1. The van der Waals surface area contributed by atoms with Crippen LogP contribution in [0.5, 0.6) is 5.75 Å². The minimum absolute atomic E-state index is 0.157. The van der Waals surface area contributed by atoms with Crippen molar-refractivity contribution in [3.63, 3.8) is 0 Å². The van der Waals surface area contributed by atoms with Gasteiger partial charge in [0.2, 0.25) is 0 Å². The second kappa shape index (κ2) is 8.53. The van der Waals surface area contributed by atoms with Crippen molar-refractivity contribution < 1.29 is 14.3 Å². The lowest BCUT2D eigenvalue weighted by Crippen LogP contribution is -2.20. The minimum atomic E-state index is -0.157. The quantitative estimate of drug-likeness (QED) is 0.568. The fourth-order valence-electron chi connectivity index (χ4n) is 1.48. The zero-order chi connectivity index (χ0) is 13.2. The average Bonchev–Trinajstić information content (AvgIpc) is 2.39. The lowest BCUT2D eigenvalue weighted by Gasteiger charge is -2.08. The van der Waals surface area contributed by atoms with E-state index in [0.29, 0.717) is 26.2 Å². The molecule has 0 aliphatic rings. The van der Waals surface area contributed by atoms with Gasteiger partial charge >= 0.3 is 5.97 Å². The van der Waals surface area contributed by atoms with Gasteiger partial charge in [0.15, 0.2) is 0 Å². The second-order valence-corrected chi connectivity index (χ2v) is 3.83. The van der Waals surface area contributed by atoms with Crippen molar-refractivity contribution in [3.05, 3.63) is 29.8 Å². The van der Waals surface area contributed by atoms with Gasteiger partial charge in [-0.2, -0.15) is 0 Å². The molecule has 0 saturated carbocycles. The van der Waals surface area contributed by atoms with Gasteiger partial charge in [-0.1, -0.05) is 19.1 Å². The van der Waals surface area contributed by atoms with Crippen LogP contribution in [0, 0.1) is 0 Å².